The number of rotatable bonds is 4. The number of hydrogen-bond acceptors (Lipinski definition) is 11. The first-order chi connectivity index (χ1) is 18.8. The molecule has 6 aliphatic rings. The van der Waals surface area contributed by atoms with Crippen molar-refractivity contribution in [3.63, 3.8) is 0 Å². The minimum Gasteiger partial charge on any atom is -0.459 e. The van der Waals surface area contributed by atoms with Gasteiger partial charge in [0.15, 0.2) is 11.7 Å². The van der Waals surface area contributed by atoms with E-state index >= 15 is 0 Å². The number of aryl methyl sites for hydroxylation is 1. The van der Waals surface area contributed by atoms with Gasteiger partial charge in [0.25, 0.3) is 0 Å². The number of ether oxygens (including phenoxy) is 5. The topological polar surface area (TPSA) is 155 Å². The summed E-state index contributed by atoms with van der Waals surface area (Å²) in [7, 11) is 0. The first-order valence-electron chi connectivity index (χ1n) is 13.7. The highest BCUT2D eigenvalue weighted by Crippen LogP contribution is 2.84. The number of benzene rings is 1. The summed E-state index contributed by atoms with van der Waals surface area (Å²) in [6.07, 6.45) is -6.71. The summed E-state index contributed by atoms with van der Waals surface area (Å²) in [5.41, 5.74) is -7.70. The zero-order valence-electron chi connectivity index (χ0n) is 23.0. The average Bonchev–Trinajstić information content (AvgIpc) is 3.61. The fourth-order valence-corrected chi connectivity index (χ4v) is 9.32. The second-order valence-electron chi connectivity index (χ2n) is 13.1. The lowest BCUT2D eigenvalue weighted by Gasteiger charge is -2.48. The number of carbonyl (C=O) groups is 4. The number of halogens is 1. The average molecular weight is 593 g/mol. The van der Waals surface area contributed by atoms with Gasteiger partial charge in [-0.3, -0.25) is 9.59 Å². The Morgan fingerprint density at radius 3 is 2.41 bits per heavy atom. The number of fused-ring (bicyclic) bond motifs is 1. The lowest BCUT2D eigenvalue weighted by Crippen LogP contribution is -2.67. The first-order valence-corrected chi connectivity index (χ1v) is 13.7. The van der Waals surface area contributed by atoms with E-state index in [-0.39, 0.29) is 25.2 Å². The molecule has 2 aliphatic carbocycles. The van der Waals surface area contributed by atoms with Crippen molar-refractivity contribution >= 4 is 36.3 Å². The molecule has 2 saturated carbocycles. The summed E-state index contributed by atoms with van der Waals surface area (Å²) in [5, 5.41) is 24.3. The van der Waals surface area contributed by atoms with Crippen LogP contribution in [0.4, 0.5) is 0 Å². The molecule has 2 spiro atoms. The van der Waals surface area contributed by atoms with E-state index in [4.69, 9.17) is 23.7 Å². The van der Waals surface area contributed by atoms with Crippen LogP contribution in [0, 0.1) is 28.1 Å². The van der Waals surface area contributed by atoms with Crippen LogP contribution in [0.5, 0.6) is 0 Å². The van der Waals surface area contributed by atoms with Gasteiger partial charge in [0, 0.05) is 6.42 Å². The SMILES string of the molecule is C[C@@H]1C(=O)OC2[C@H](O)C34C5C[C@@H](C(C)(C)C)C36C(OC(=O)[C@@H]6OC(=O)CCc3ccccc3)OC4(C(=O)O5)[C@]21O.Cl. The third-order valence-electron chi connectivity index (χ3n) is 10.7. The molecule has 11 nitrogen and oxygen atoms in total. The molecular formula is C29H33ClO11. The molecule has 1 aromatic carbocycles. The fraction of sp³-hybridized carbons (Fsp3) is 0.655. The third-order valence-corrected chi connectivity index (χ3v) is 10.7. The molecule has 6 unspecified atom stereocenters. The van der Waals surface area contributed by atoms with E-state index in [1.165, 1.54) is 6.92 Å². The molecular weight excluding hydrogens is 560 g/mol. The Bertz CT molecular complexity index is 1340. The fourth-order valence-electron chi connectivity index (χ4n) is 9.32. The van der Waals surface area contributed by atoms with Crippen molar-refractivity contribution in [1.29, 1.82) is 0 Å². The maximum absolute atomic E-state index is 13.8. The van der Waals surface area contributed by atoms with E-state index in [0.717, 1.165) is 5.56 Å². The van der Waals surface area contributed by atoms with Gasteiger partial charge in [0.1, 0.15) is 12.2 Å². The van der Waals surface area contributed by atoms with E-state index in [0.29, 0.717) is 6.42 Å². The lowest BCUT2D eigenvalue weighted by atomic mass is 9.51. The molecule has 1 aromatic rings. The molecule has 0 radical (unpaired) electrons. The van der Waals surface area contributed by atoms with Crippen LogP contribution < -0.4 is 0 Å². The smallest absolute Gasteiger partial charge is 0.350 e. The summed E-state index contributed by atoms with van der Waals surface area (Å²) in [6, 6.07) is 9.32. The molecule has 11 atom stereocenters. The number of esters is 4. The summed E-state index contributed by atoms with van der Waals surface area (Å²) in [6.45, 7) is 7.19. The molecule has 0 bridgehead atoms. The van der Waals surface area contributed by atoms with Crippen LogP contribution in [-0.4, -0.2) is 76.0 Å². The van der Waals surface area contributed by atoms with Crippen molar-refractivity contribution in [2.24, 2.45) is 28.1 Å². The lowest BCUT2D eigenvalue weighted by molar-refractivity contribution is -0.240. The third kappa shape index (κ3) is 2.82. The molecule has 12 heteroatoms. The molecule has 4 heterocycles. The molecule has 222 valence electrons. The maximum atomic E-state index is 13.8. The van der Waals surface area contributed by atoms with Crippen LogP contribution in [0.25, 0.3) is 0 Å². The van der Waals surface area contributed by atoms with Gasteiger partial charge in [0.05, 0.1) is 16.7 Å². The van der Waals surface area contributed by atoms with Gasteiger partial charge in [-0.2, -0.15) is 0 Å². The molecule has 2 N–H and O–H groups in total. The number of carbonyl (C=O) groups excluding carboxylic acids is 4. The van der Waals surface area contributed by atoms with Crippen molar-refractivity contribution in [1.82, 2.24) is 0 Å². The van der Waals surface area contributed by atoms with Gasteiger partial charge < -0.3 is 33.9 Å². The Kier molecular flexibility index (Phi) is 5.84. The Morgan fingerprint density at radius 2 is 1.76 bits per heavy atom. The summed E-state index contributed by atoms with van der Waals surface area (Å²) in [5.74, 6) is -5.08. The largest absolute Gasteiger partial charge is 0.459 e. The van der Waals surface area contributed by atoms with E-state index < -0.39 is 93.9 Å². The van der Waals surface area contributed by atoms with E-state index in [2.05, 4.69) is 0 Å². The van der Waals surface area contributed by atoms with Crippen molar-refractivity contribution in [3.05, 3.63) is 35.9 Å². The number of hydrogen-bond donors (Lipinski definition) is 2. The predicted molar refractivity (Wildman–Crippen MR) is 138 cm³/mol. The van der Waals surface area contributed by atoms with Crippen molar-refractivity contribution in [2.45, 2.75) is 88.9 Å². The quantitative estimate of drug-likeness (QED) is 0.383. The molecule has 0 aromatic heterocycles. The normalized spacial score (nSPS) is 46.6. The van der Waals surface area contributed by atoms with Gasteiger partial charge in [0.2, 0.25) is 18.0 Å². The zero-order chi connectivity index (χ0) is 28.6. The molecule has 4 saturated heterocycles. The van der Waals surface area contributed by atoms with Crippen LogP contribution in [0.2, 0.25) is 0 Å². The van der Waals surface area contributed by atoms with Gasteiger partial charge >= 0.3 is 23.9 Å². The van der Waals surface area contributed by atoms with Crippen LogP contribution >= 0.6 is 12.4 Å². The first kappa shape index (κ1) is 28.4. The molecule has 0 amide bonds. The van der Waals surface area contributed by atoms with Gasteiger partial charge in [-0.25, -0.2) is 9.59 Å². The van der Waals surface area contributed by atoms with Crippen LogP contribution in [0.3, 0.4) is 0 Å². The van der Waals surface area contributed by atoms with Crippen LogP contribution in [0.15, 0.2) is 30.3 Å². The minimum atomic E-state index is -2.31. The van der Waals surface area contributed by atoms with Crippen molar-refractivity contribution in [3.8, 4) is 0 Å². The van der Waals surface area contributed by atoms with Gasteiger partial charge in [-0.05, 0) is 36.7 Å². The Morgan fingerprint density at radius 1 is 1.07 bits per heavy atom. The second kappa shape index (κ2) is 8.43. The van der Waals surface area contributed by atoms with Crippen LogP contribution in [0.1, 0.15) is 46.1 Å². The summed E-state index contributed by atoms with van der Waals surface area (Å²) < 4.78 is 29.4. The number of aliphatic hydroxyl groups is 2. The van der Waals surface area contributed by atoms with Gasteiger partial charge in [-0.1, -0.05) is 51.1 Å². The summed E-state index contributed by atoms with van der Waals surface area (Å²) >= 11 is 0. The Hall–Kier alpha value is -2.73. The minimum absolute atomic E-state index is 0. The molecule has 4 aliphatic heterocycles. The van der Waals surface area contributed by atoms with Crippen molar-refractivity contribution < 1.29 is 53.1 Å². The van der Waals surface area contributed by atoms with E-state index in [1.807, 2.05) is 51.1 Å². The predicted octanol–water partition coefficient (Wildman–Crippen LogP) is 1.24. The zero-order valence-corrected chi connectivity index (χ0v) is 23.8. The molecule has 41 heavy (non-hydrogen) atoms. The standard InChI is InChI=1S/C29H32O11.ClH/c1-13-21(32)38-19-18(31)27-16-12-15(25(2,3)4)26(27)20(37-17(30)11-10-14-8-6-5-7-9-14)22(33)39-24(26)40-29(27,23(34)36-16)28(13,19)35;/h5-9,13,15-16,18-20,24,31,35H,10-12H2,1-4H3;1H/t13-,15+,16?,18+,19?,20+,24?,26?,27?,28-,29?;/m1./s1. The number of aliphatic hydroxyl groups excluding tert-OH is 1. The van der Waals surface area contributed by atoms with Crippen molar-refractivity contribution in [2.75, 3.05) is 0 Å². The monoisotopic (exact) mass is 592 g/mol. The maximum Gasteiger partial charge on any atom is 0.350 e. The Labute approximate surface area is 242 Å². The second-order valence-corrected chi connectivity index (χ2v) is 13.1. The molecule has 6 fully saturated rings. The van der Waals surface area contributed by atoms with Crippen LogP contribution in [-0.2, 0) is 49.3 Å². The molecule has 7 rings (SSSR count). The highest BCUT2D eigenvalue weighted by Gasteiger charge is 3.04. The van der Waals surface area contributed by atoms with E-state index in [9.17, 15) is 29.4 Å². The van der Waals surface area contributed by atoms with Gasteiger partial charge in [-0.15, -0.1) is 12.4 Å². The Balaban J connectivity index is 0.00000302. The summed E-state index contributed by atoms with van der Waals surface area (Å²) in [4.78, 5) is 53.3. The highest BCUT2D eigenvalue weighted by molar-refractivity contribution is 5.94. The highest BCUT2D eigenvalue weighted by atomic mass is 35.5. The van der Waals surface area contributed by atoms with E-state index in [1.54, 1.807) is 0 Å².